The number of pyridine rings is 1. The van der Waals surface area contributed by atoms with Crippen LogP contribution in [0.25, 0.3) is 11.3 Å². The molecule has 1 N–H and O–H groups in total. The van der Waals surface area contributed by atoms with E-state index in [4.69, 9.17) is 16.3 Å². The summed E-state index contributed by atoms with van der Waals surface area (Å²) in [6, 6.07) is 9.19. The smallest absolute Gasteiger partial charge is 0.266 e. The highest BCUT2D eigenvalue weighted by Gasteiger charge is 2.18. The molecule has 25 heavy (non-hydrogen) atoms. The quantitative estimate of drug-likeness (QED) is 0.711. The molecule has 3 rings (SSSR count). The minimum atomic E-state index is -0.704. The fraction of sp³-hybridized carbons (Fsp3) is 0.167. The van der Waals surface area contributed by atoms with Crippen LogP contribution in [-0.2, 0) is 4.79 Å². The third-order valence-corrected chi connectivity index (χ3v) is 4.52. The van der Waals surface area contributed by atoms with E-state index in [9.17, 15) is 4.79 Å². The van der Waals surface area contributed by atoms with E-state index >= 15 is 0 Å². The summed E-state index contributed by atoms with van der Waals surface area (Å²) in [5.41, 5.74) is 2.67. The molecule has 0 aliphatic carbocycles. The lowest BCUT2D eigenvalue weighted by atomic mass is 10.2. The van der Waals surface area contributed by atoms with Crippen LogP contribution in [0.15, 0.2) is 48.1 Å². The van der Waals surface area contributed by atoms with Crippen molar-refractivity contribution in [3.05, 3.63) is 58.7 Å². The number of carbonyl (C=O) groups is 1. The van der Waals surface area contributed by atoms with Crippen LogP contribution in [-0.4, -0.2) is 22.0 Å². The Bertz CT molecular complexity index is 883. The molecule has 0 saturated carbocycles. The van der Waals surface area contributed by atoms with Crippen LogP contribution in [0.5, 0.6) is 5.75 Å². The van der Waals surface area contributed by atoms with E-state index in [0.717, 1.165) is 16.8 Å². The number of nitrogens with zero attached hydrogens (tertiary/aromatic N) is 2. The van der Waals surface area contributed by atoms with Gasteiger partial charge in [-0.2, -0.15) is 0 Å². The highest BCUT2D eigenvalue weighted by Crippen LogP contribution is 2.27. The molecule has 5 nitrogen and oxygen atoms in total. The zero-order valence-corrected chi connectivity index (χ0v) is 15.3. The van der Waals surface area contributed by atoms with Gasteiger partial charge < -0.3 is 4.74 Å². The first kappa shape index (κ1) is 17.4. The van der Waals surface area contributed by atoms with E-state index < -0.39 is 6.10 Å². The van der Waals surface area contributed by atoms with Crippen LogP contribution in [0.1, 0.15) is 12.5 Å². The van der Waals surface area contributed by atoms with Crippen molar-refractivity contribution in [2.24, 2.45) is 0 Å². The number of carbonyl (C=O) groups excluding carboxylic acids is 1. The van der Waals surface area contributed by atoms with Gasteiger partial charge in [0.25, 0.3) is 5.91 Å². The predicted octanol–water partition coefficient (Wildman–Crippen LogP) is 4.57. The standard InChI is InChI=1S/C18H16ClN3O2S/c1-11-5-6-14(19)16(8-11)24-12(2)17(23)22-18-21-15(10-25-18)13-4-3-7-20-9-13/h3-10,12H,1-2H3,(H,21,22,23). The SMILES string of the molecule is Cc1ccc(Cl)c(OC(C)C(=O)Nc2nc(-c3cccnc3)cs2)c1. The zero-order valence-electron chi connectivity index (χ0n) is 13.7. The predicted molar refractivity (Wildman–Crippen MR) is 100 cm³/mol. The van der Waals surface area contributed by atoms with Crippen LogP contribution in [0, 0.1) is 6.92 Å². The molecule has 0 radical (unpaired) electrons. The van der Waals surface area contributed by atoms with Crippen molar-refractivity contribution in [1.82, 2.24) is 9.97 Å². The summed E-state index contributed by atoms with van der Waals surface area (Å²) in [5, 5.41) is 5.62. The fourth-order valence-corrected chi connectivity index (χ4v) is 3.01. The summed E-state index contributed by atoms with van der Waals surface area (Å²) in [6.07, 6.45) is 2.73. The second-order valence-electron chi connectivity index (χ2n) is 5.46. The van der Waals surface area contributed by atoms with Crippen LogP contribution in [0.4, 0.5) is 5.13 Å². The number of benzene rings is 1. The normalized spacial score (nSPS) is 11.8. The maximum Gasteiger partial charge on any atom is 0.266 e. The summed E-state index contributed by atoms with van der Waals surface area (Å²) in [5.74, 6) is 0.198. The molecule has 1 atom stereocenters. The summed E-state index contributed by atoms with van der Waals surface area (Å²) in [7, 11) is 0. The fourth-order valence-electron chi connectivity index (χ4n) is 2.13. The molecule has 3 aromatic rings. The van der Waals surface area contributed by atoms with E-state index in [0.29, 0.717) is 15.9 Å². The molecular formula is C18H16ClN3O2S. The molecule has 128 valence electrons. The van der Waals surface area contributed by atoms with Crippen molar-refractivity contribution in [1.29, 1.82) is 0 Å². The molecular weight excluding hydrogens is 358 g/mol. The Morgan fingerprint density at radius 1 is 1.36 bits per heavy atom. The van der Waals surface area contributed by atoms with Gasteiger partial charge in [0.15, 0.2) is 11.2 Å². The molecule has 0 aliphatic rings. The molecule has 0 saturated heterocycles. The van der Waals surface area contributed by atoms with Crippen molar-refractivity contribution < 1.29 is 9.53 Å². The molecule has 0 bridgehead atoms. The average Bonchev–Trinajstić information content (AvgIpc) is 3.07. The van der Waals surface area contributed by atoms with Gasteiger partial charge in [-0.3, -0.25) is 15.1 Å². The maximum atomic E-state index is 12.3. The number of thiazole rings is 1. The number of aryl methyl sites for hydroxylation is 1. The molecule has 1 aromatic carbocycles. The average molecular weight is 374 g/mol. The monoisotopic (exact) mass is 373 g/mol. The zero-order chi connectivity index (χ0) is 17.8. The van der Waals surface area contributed by atoms with Gasteiger partial charge in [-0.1, -0.05) is 17.7 Å². The van der Waals surface area contributed by atoms with E-state index in [2.05, 4.69) is 15.3 Å². The van der Waals surface area contributed by atoms with Gasteiger partial charge in [0, 0.05) is 23.3 Å². The van der Waals surface area contributed by atoms with Crippen LogP contribution >= 0.6 is 22.9 Å². The number of ether oxygens (including phenoxy) is 1. The molecule has 1 amide bonds. The van der Waals surface area contributed by atoms with Crippen molar-refractivity contribution >= 4 is 34.0 Å². The molecule has 0 fully saturated rings. The summed E-state index contributed by atoms with van der Waals surface area (Å²) < 4.78 is 5.67. The molecule has 0 spiro atoms. The van der Waals surface area contributed by atoms with Gasteiger partial charge in [0.2, 0.25) is 0 Å². The number of nitrogens with one attached hydrogen (secondary N) is 1. The van der Waals surface area contributed by atoms with Crippen LogP contribution in [0.3, 0.4) is 0 Å². The lowest BCUT2D eigenvalue weighted by molar-refractivity contribution is -0.122. The Morgan fingerprint density at radius 2 is 2.20 bits per heavy atom. The third kappa shape index (κ3) is 4.35. The largest absolute Gasteiger partial charge is 0.479 e. The third-order valence-electron chi connectivity index (χ3n) is 3.45. The van der Waals surface area contributed by atoms with E-state index in [-0.39, 0.29) is 5.91 Å². The Labute approximate surface area is 154 Å². The van der Waals surface area contributed by atoms with Gasteiger partial charge in [-0.15, -0.1) is 11.3 Å². The maximum absolute atomic E-state index is 12.3. The molecule has 0 aliphatic heterocycles. The van der Waals surface area contributed by atoms with E-state index in [1.54, 1.807) is 31.5 Å². The van der Waals surface area contributed by atoms with Gasteiger partial charge >= 0.3 is 0 Å². The van der Waals surface area contributed by atoms with E-state index in [1.165, 1.54) is 11.3 Å². The van der Waals surface area contributed by atoms with Gasteiger partial charge in [-0.25, -0.2) is 4.98 Å². The first-order chi connectivity index (χ1) is 12.0. The van der Waals surface area contributed by atoms with Crippen LogP contribution in [0.2, 0.25) is 5.02 Å². The number of aromatic nitrogens is 2. The summed E-state index contributed by atoms with van der Waals surface area (Å²) >= 11 is 7.45. The molecule has 2 aromatic heterocycles. The Hall–Kier alpha value is -2.44. The minimum absolute atomic E-state index is 0.287. The molecule has 7 heteroatoms. The number of rotatable bonds is 5. The van der Waals surface area contributed by atoms with Crippen molar-refractivity contribution in [3.63, 3.8) is 0 Å². The lowest BCUT2D eigenvalue weighted by Crippen LogP contribution is -2.30. The number of anilines is 1. The van der Waals surface area contributed by atoms with Gasteiger partial charge in [0.05, 0.1) is 10.7 Å². The number of amides is 1. The topological polar surface area (TPSA) is 64.1 Å². The number of hydrogen-bond acceptors (Lipinski definition) is 5. The van der Waals surface area contributed by atoms with Crippen molar-refractivity contribution in [2.75, 3.05) is 5.32 Å². The van der Waals surface area contributed by atoms with Crippen molar-refractivity contribution in [3.8, 4) is 17.0 Å². The first-order valence-corrected chi connectivity index (χ1v) is 8.88. The molecule has 1 unspecified atom stereocenters. The van der Waals surface area contributed by atoms with E-state index in [1.807, 2.05) is 30.5 Å². The number of halogens is 1. The highest BCUT2D eigenvalue weighted by atomic mass is 35.5. The van der Waals surface area contributed by atoms with Gasteiger partial charge in [-0.05, 0) is 43.7 Å². The summed E-state index contributed by atoms with van der Waals surface area (Å²) in [4.78, 5) is 20.8. The van der Waals surface area contributed by atoms with Crippen LogP contribution < -0.4 is 10.1 Å². The number of hydrogen-bond donors (Lipinski definition) is 1. The summed E-state index contributed by atoms with van der Waals surface area (Å²) in [6.45, 7) is 3.60. The minimum Gasteiger partial charge on any atom is -0.479 e. The second-order valence-corrected chi connectivity index (χ2v) is 6.73. The highest BCUT2D eigenvalue weighted by molar-refractivity contribution is 7.14. The van der Waals surface area contributed by atoms with Crippen molar-refractivity contribution in [2.45, 2.75) is 20.0 Å². The Morgan fingerprint density at radius 3 is 2.96 bits per heavy atom. The lowest BCUT2D eigenvalue weighted by Gasteiger charge is -2.15. The van der Waals surface area contributed by atoms with Gasteiger partial charge in [0.1, 0.15) is 5.75 Å². The first-order valence-electron chi connectivity index (χ1n) is 7.62. The Balaban J connectivity index is 1.66. The Kier molecular flexibility index (Phi) is 5.31. The second kappa shape index (κ2) is 7.63. The molecule has 2 heterocycles.